The lowest BCUT2D eigenvalue weighted by Gasteiger charge is -2.11. The van der Waals surface area contributed by atoms with Gasteiger partial charge in [0.2, 0.25) is 0 Å². The topological polar surface area (TPSA) is 40.5 Å². The third-order valence-corrected chi connectivity index (χ3v) is 1.13. The predicted octanol–water partition coefficient (Wildman–Crippen LogP) is 1.07. The van der Waals surface area contributed by atoms with E-state index < -0.39 is 6.10 Å². The highest BCUT2D eigenvalue weighted by Gasteiger charge is 2.11. The molecular weight excluding hydrogens is 104 g/mol. The number of hydrogen-bond donors (Lipinski definition) is 2. The highest BCUT2D eigenvalue weighted by Crippen LogP contribution is 2.08. The van der Waals surface area contributed by atoms with Crippen molar-refractivity contribution in [2.24, 2.45) is 0 Å². The summed E-state index contributed by atoms with van der Waals surface area (Å²) >= 11 is 0. The van der Waals surface area contributed by atoms with Crippen LogP contribution in [-0.2, 0) is 0 Å². The molecule has 1 radical (unpaired) electrons. The van der Waals surface area contributed by atoms with Gasteiger partial charge in [0.25, 0.3) is 0 Å². The van der Waals surface area contributed by atoms with Gasteiger partial charge in [0.1, 0.15) is 6.10 Å². The second kappa shape index (κ2) is 3.87. The van der Waals surface area contributed by atoms with E-state index in [4.69, 9.17) is 10.2 Å². The number of aliphatic hydroxyl groups is 2. The Hall–Kier alpha value is -0.0800. The predicted molar refractivity (Wildman–Crippen MR) is 31.8 cm³/mol. The van der Waals surface area contributed by atoms with Gasteiger partial charge in [-0.2, -0.15) is 0 Å². The van der Waals surface area contributed by atoms with Crippen LogP contribution in [0.15, 0.2) is 0 Å². The van der Waals surface area contributed by atoms with E-state index in [0.717, 1.165) is 0 Å². The third-order valence-electron chi connectivity index (χ3n) is 1.13. The van der Waals surface area contributed by atoms with Crippen molar-refractivity contribution in [2.75, 3.05) is 0 Å². The lowest BCUT2D eigenvalue weighted by atomic mass is 10.1. The molecule has 1 unspecified atom stereocenters. The van der Waals surface area contributed by atoms with E-state index in [0.29, 0.717) is 12.8 Å². The summed E-state index contributed by atoms with van der Waals surface area (Å²) in [7, 11) is 0. The molecule has 0 aliphatic heterocycles. The van der Waals surface area contributed by atoms with Crippen molar-refractivity contribution < 1.29 is 10.2 Å². The quantitative estimate of drug-likeness (QED) is 0.580. The van der Waals surface area contributed by atoms with Gasteiger partial charge >= 0.3 is 0 Å². The van der Waals surface area contributed by atoms with Crippen molar-refractivity contribution in [3.63, 3.8) is 0 Å². The second-order valence-corrected chi connectivity index (χ2v) is 1.77. The molecule has 0 aliphatic rings. The van der Waals surface area contributed by atoms with E-state index in [1.165, 1.54) is 0 Å². The van der Waals surface area contributed by atoms with Crippen LogP contribution < -0.4 is 0 Å². The van der Waals surface area contributed by atoms with Crippen LogP contribution in [0.5, 0.6) is 0 Å². The van der Waals surface area contributed by atoms with Crippen LogP contribution >= 0.6 is 0 Å². The molecule has 49 valence electrons. The first kappa shape index (κ1) is 7.92. The summed E-state index contributed by atoms with van der Waals surface area (Å²) in [5, 5.41) is 17.6. The molecule has 0 aromatic heterocycles. The van der Waals surface area contributed by atoms with Gasteiger partial charge in [-0.3, -0.25) is 0 Å². The number of rotatable bonds is 3. The highest BCUT2D eigenvalue weighted by molar-refractivity contribution is 4.81. The van der Waals surface area contributed by atoms with Crippen molar-refractivity contribution in [1.29, 1.82) is 0 Å². The summed E-state index contributed by atoms with van der Waals surface area (Å²) in [6.45, 7) is 3.64. The Labute approximate surface area is 50.2 Å². The van der Waals surface area contributed by atoms with E-state index in [-0.39, 0.29) is 6.10 Å². The fourth-order valence-electron chi connectivity index (χ4n) is 0.471. The van der Waals surface area contributed by atoms with Gasteiger partial charge in [-0.05, 0) is 12.8 Å². The van der Waals surface area contributed by atoms with Crippen LogP contribution in [0.3, 0.4) is 0 Å². The van der Waals surface area contributed by atoms with E-state index in [9.17, 15) is 0 Å². The Kier molecular flexibility index (Phi) is 3.83. The number of hydrogen-bond acceptors (Lipinski definition) is 2. The van der Waals surface area contributed by atoms with E-state index >= 15 is 0 Å². The molecule has 0 aromatic carbocycles. The Morgan fingerprint density at radius 1 is 1.50 bits per heavy atom. The summed E-state index contributed by atoms with van der Waals surface area (Å²) in [5.41, 5.74) is 0. The largest absolute Gasteiger partial charge is 0.390 e. The summed E-state index contributed by atoms with van der Waals surface area (Å²) < 4.78 is 0. The van der Waals surface area contributed by atoms with Crippen LogP contribution in [0.25, 0.3) is 0 Å². The van der Waals surface area contributed by atoms with Crippen molar-refractivity contribution in [3.8, 4) is 0 Å². The maximum Gasteiger partial charge on any atom is 0.121 e. The van der Waals surface area contributed by atoms with Gasteiger partial charge in [-0.1, -0.05) is 13.8 Å². The van der Waals surface area contributed by atoms with Crippen molar-refractivity contribution in [2.45, 2.75) is 32.8 Å². The molecule has 0 saturated carbocycles. The molecule has 0 fully saturated rings. The third kappa shape index (κ3) is 2.28. The van der Waals surface area contributed by atoms with Crippen molar-refractivity contribution in [1.82, 2.24) is 0 Å². The molecular formula is C6H13O2. The first-order valence-corrected chi connectivity index (χ1v) is 2.95. The fourth-order valence-corrected chi connectivity index (χ4v) is 0.471. The SMILES string of the molecule is CC[C](O)C(O)CC. The molecule has 2 N–H and O–H groups in total. The average molecular weight is 117 g/mol. The number of aliphatic hydroxyl groups excluding tert-OH is 2. The van der Waals surface area contributed by atoms with Gasteiger partial charge in [-0.15, -0.1) is 0 Å². The molecule has 0 heterocycles. The fraction of sp³-hybridized carbons (Fsp3) is 0.833. The molecule has 0 saturated heterocycles. The maximum atomic E-state index is 8.84. The van der Waals surface area contributed by atoms with Gasteiger partial charge in [-0.25, -0.2) is 0 Å². The van der Waals surface area contributed by atoms with Crippen molar-refractivity contribution >= 4 is 0 Å². The van der Waals surface area contributed by atoms with Crippen LogP contribution in [0.1, 0.15) is 26.7 Å². The lowest BCUT2D eigenvalue weighted by Crippen LogP contribution is -2.15. The van der Waals surface area contributed by atoms with E-state index in [2.05, 4.69) is 0 Å². The minimum Gasteiger partial charge on any atom is -0.390 e. The molecule has 2 heteroatoms. The molecule has 0 bridgehead atoms. The average Bonchev–Trinajstić information content (AvgIpc) is 1.84. The molecule has 1 atom stereocenters. The molecule has 0 spiro atoms. The molecule has 0 aromatic rings. The smallest absolute Gasteiger partial charge is 0.121 e. The summed E-state index contributed by atoms with van der Waals surface area (Å²) in [4.78, 5) is 0. The van der Waals surface area contributed by atoms with E-state index in [1.54, 1.807) is 0 Å². The summed E-state index contributed by atoms with van der Waals surface area (Å²) in [6.07, 6.45) is 0.724. The zero-order chi connectivity index (χ0) is 6.57. The van der Waals surface area contributed by atoms with Gasteiger partial charge in [0, 0.05) is 0 Å². The molecule has 8 heavy (non-hydrogen) atoms. The monoisotopic (exact) mass is 117 g/mol. The second-order valence-electron chi connectivity index (χ2n) is 1.77. The molecule has 0 amide bonds. The van der Waals surface area contributed by atoms with E-state index in [1.807, 2.05) is 13.8 Å². The van der Waals surface area contributed by atoms with Crippen LogP contribution in [0.2, 0.25) is 0 Å². The molecule has 0 aliphatic carbocycles. The minimum atomic E-state index is -0.611. The minimum absolute atomic E-state index is 0.188. The Bertz CT molecular complexity index is 46.5. The summed E-state index contributed by atoms with van der Waals surface area (Å²) in [5.74, 6) is 0. The molecule has 2 nitrogen and oxygen atoms in total. The van der Waals surface area contributed by atoms with Crippen LogP contribution in [0.4, 0.5) is 0 Å². The first-order chi connectivity index (χ1) is 3.72. The van der Waals surface area contributed by atoms with Crippen LogP contribution in [-0.4, -0.2) is 16.3 Å². The van der Waals surface area contributed by atoms with Crippen molar-refractivity contribution in [3.05, 3.63) is 6.10 Å². The van der Waals surface area contributed by atoms with Crippen LogP contribution in [0, 0.1) is 6.10 Å². The zero-order valence-electron chi connectivity index (χ0n) is 5.39. The van der Waals surface area contributed by atoms with Gasteiger partial charge in [0.15, 0.2) is 0 Å². The Balaban J connectivity index is 3.29. The Morgan fingerprint density at radius 3 is 2.12 bits per heavy atom. The molecule has 0 rings (SSSR count). The standard InChI is InChI=1S/C6H13O2/c1-3-5(7)6(8)4-2/h5,7-8H,3-4H2,1-2H3. The summed E-state index contributed by atoms with van der Waals surface area (Å²) in [6, 6.07) is 0. The van der Waals surface area contributed by atoms with Gasteiger partial charge < -0.3 is 10.2 Å². The Morgan fingerprint density at radius 2 is 2.00 bits per heavy atom. The normalized spacial score (nSPS) is 14.6. The highest BCUT2D eigenvalue weighted by atomic mass is 16.3. The maximum absolute atomic E-state index is 8.84. The first-order valence-electron chi connectivity index (χ1n) is 2.95. The zero-order valence-corrected chi connectivity index (χ0v) is 5.39. The van der Waals surface area contributed by atoms with Gasteiger partial charge in [0.05, 0.1) is 6.10 Å². The lowest BCUT2D eigenvalue weighted by molar-refractivity contribution is 0.0911.